The lowest BCUT2D eigenvalue weighted by atomic mass is 10.2. The molecular weight excluding hydrogens is 290 g/mol. The molecule has 0 bridgehead atoms. The molecule has 1 saturated heterocycles. The maximum Gasteiger partial charge on any atom is 0.192 e. The molecule has 1 fully saturated rings. The first-order valence-electron chi connectivity index (χ1n) is 8.13. The van der Waals surface area contributed by atoms with Crippen molar-refractivity contribution in [1.29, 1.82) is 0 Å². The van der Waals surface area contributed by atoms with Gasteiger partial charge in [0.25, 0.3) is 0 Å². The molecule has 1 aromatic carbocycles. The largest absolute Gasteiger partial charge is 0.415 e. The van der Waals surface area contributed by atoms with Crippen LogP contribution in [0, 0.1) is 0 Å². The van der Waals surface area contributed by atoms with Crippen molar-refractivity contribution >= 4 is 14.1 Å². The van der Waals surface area contributed by atoms with E-state index in [9.17, 15) is 4.79 Å². The summed E-state index contributed by atoms with van der Waals surface area (Å²) in [5, 5.41) is 0.208. The summed E-state index contributed by atoms with van der Waals surface area (Å²) in [6.07, 6.45) is 0.626. The van der Waals surface area contributed by atoms with E-state index in [1.807, 2.05) is 18.2 Å². The van der Waals surface area contributed by atoms with Gasteiger partial charge in [0.15, 0.2) is 8.32 Å². The topological polar surface area (TPSA) is 29.5 Å². The van der Waals surface area contributed by atoms with Gasteiger partial charge >= 0.3 is 0 Å². The van der Waals surface area contributed by atoms with Crippen LogP contribution in [0.2, 0.25) is 18.1 Å². The van der Waals surface area contributed by atoms with Gasteiger partial charge in [-0.05, 0) is 23.7 Å². The minimum atomic E-state index is -1.75. The van der Waals surface area contributed by atoms with Gasteiger partial charge in [0.1, 0.15) is 5.78 Å². The summed E-state index contributed by atoms with van der Waals surface area (Å²) in [5.74, 6) is 0.333. The third-order valence-electron chi connectivity index (χ3n) is 5.03. The number of hydrogen-bond acceptors (Lipinski definition) is 3. The number of rotatable bonds is 5. The lowest BCUT2D eigenvalue weighted by Gasteiger charge is -2.37. The van der Waals surface area contributed by atoms with E-state index in [0.717, 1.165) is 6.54 Å². The Morgan fingerprint density at radius 2 is 1.86 bits per heavy atom. The van der Waals surface area contributed by atoms with Gasteiger partial charge in [0, 0.05) is 25.6 Å². The van der Waals surface area contributed by atoms with Gasteiger partial charge < -0.3 is 4.43 Å². The first-order valence-corrected chi connectivity index (χ1v) is 11.0. The van der Waals surface area contributed by atoms with Crippen molar-refractivity contribution in [2.45, 2.75) is 57.9 Å². The quantitative estimate of drug-likeness (QED) is 0.772. The summed E-state index contributed by atoms with van der Waals surface area (Å²) >= 11 is 0. The van der Waals surface area contributed by atoms with Gasteiger partial charge in [-0.25, -0.2) is 0 Å². The highest BCUT2D eigenvalue weighted by Gasteiger charge is 2.39. The molecule has 1 unspecified atom stereocenters. The van der Waals surface area contributed by atoms with Crippen LogP contribution >= 0.6 is 0 Å². The Kier molecular flexibility index (Phi) is 5.25. The average molecular weight is 320 g/mol. The molecule has 0 radical (unpaired) electrons. The average Bonchev–Trinajstić information content (AvgIpc) is 2.76. The lowest BCUT2D eigenvalue weighted by Crippen LogP contribution is -2.44. The van der Waals surface area contributed by atoms with Crippen LogP contribution < -0.4 is 0 Å². The van der Waals surface area contributed by atoms with E-state index >= 15 is 0 Å². The molecule has 0 aromatic heterocycles. The summed E-state index contributed by atoms with van der Waals surface area (Å²) in [6.45, 7) is 13.4. The van der Waals surface area contributed by atoms with E-state index in [-0.39, 0.29) is 11.1 Å². The predicted molar refractivity (Wildman–Crippen MR) is 93.4 cm³/mol. The van der Waals surface area contributed by atoms with E-state index in [2.05, 4.69) is 50.9 Å². The van der Waals surface area contributed by atoms with Gasteiger partial charge in [-0.3, -0.25) is 9.69 Å². The minimum Gasteiger partial charge on any atom is -0.415 e. The first kappa shape index (κ1) is 17.4. The van der Waals surface area contributed by atoms with Crippen molar-refractivity contribution in [3.05, 3.63) is 35.9 Å². The van der Waals surface area contributed by atoms with Crippen molar-refractivity contribution in [2.24, 2.45) is 0 Å². The summed E-state index contributed by atoms with van der Waals surface area (Å²) < 4.78 is 6.34. The number of likely N-dealkylation sites (tertiary alicyclic amines) is 1. The highest BCUT2D eigenvalue weighted by molar-refractivity contribution is 6.74. The van der Waals surface area contributed by atoms with Crippen molar-refractivity contribution in [1.82, 2.24) is 4.90 Å². The Hall–Kier alpha value is -0.973. The van der Waals surface area contributed by atoms with Crippen LogP contribution in [0.5, 0.6) is 0 Å². The summed E-state index contributed by atoms with van der Waals surface area (Å²) in [6, 6.07) is 10.6. The van der Waals surface area contributed by atoms with E-state index in [4.69, 9.17) is 4.43 Å². The normalized spacial score (nSPS) is 20.6. The molecule has 3 nitrogen and oxygen atoms in total. The van der Waals surface area contributed by atoms with Gasteiger partial charge in [0.2, 0.25) is 0 Å². The zero-order chi connectivity index (χ0) is 16.4. The molecule has 0 spiro atoms. The second-order valence-corrected chi connectivity index (χ2v) is 12.7. The zero-order valence-corrected chi connectivity index (χ0v) is 15.6. The standard InChI is InChI=1S/C18H29NO2Si/c1-18(2,3)22(4,5)21-14-16-11-17(20)13-19(16)12-15-9-7-6-8-10-15/h6-10,16H,11-14H2,1-5H3. The molecule has 2 rings (SSSR count). The van der Waals surface area contributed by atoms with Crippen LogP contribution in [-0.4, -0.2) is 38.2 Å². The zero-order valence-electron chi connectivity index (χ0n) is 14.6. The molecule has 22 heavy (non-hydrogen) atoms. The maximum absolute atomic E-state index is 11.9. The summed E-state index contributed by atoms with van der Waals surface area (Å²) in [7, 11) is -1.75. The number of benzene rings is 1. The molecule has 122 valence electrons. The number of carbonyl (C=O) groups excluding carboxylic acids is 1. The molecule has 1 aliphatic heterocycles. The molecule has 0 saturated carbocycles. The molecule has 1 aromatic rings. The van der Waals surface area contributed by atoms with E-state index in [0.29, 0.717) is 25.4 Å². The summed E-state index contributed by atoms with van der Waals surface area (Å²) in [4.78, 5) is 14.2. The number of carbonyl (C=O) groups is 1. The van der Waals surface area contributed by atoms with Crippen LogP contribution in [0.4, 0.5) is 0 Å². The van der Waals surface area contributed by atoms with Crippen molar-refractivity contribution in [3.63, 3.8) is 0 Å². The van der Waals surface area contributed by atoms with Crippen molar-refractivity contribution in [3.8, 4) is 0 Å². The van der Waals surface area contributed by atoms with Crippen molar-refractivity contribution in [2.75, 3.05) is 13.2 Å². The fraction of sp³-hybridized carbons (Fsp3) is 0.611. The van der Waals surface area contributed by atoms with Crippen LogP contribution in [0.15, 0.2) is 30.3 Å². The van der Waals surface area contributed by atoms with Crippen LogP contribution in [-0.2, 0) is 15.8 Å². The maximum atomic E-state index is 11.9. The second-order valence-electron chi connectivity index (χ2n) is 7.86. The smallest absolute Gasteiger partial charge is 0.192 e. The molecule has 1 atom stereocenters. The predicted octanol–water partition coefficient (Wildman–Crippen LogP) is 3.85. The van der Waals surface area contributed by atoms with E-state index in [1.165, 1.54) is 5.56 Å². The van der Waals surface area contributed by atoms with Crippen molar-refractivity contribution < 1.29 is 9.22 Å². The molecule has 1 heterocycles. The number of nitrogens with zero attached hydrogens (tertiary/aromatic N) is 1. The third kappa shape index (κ3) is 4.28. The third-order valence-corrected chi connectivity index (χ3v) is 9.53. The Bertz CT molecular complexity index is 508. The van der Waals surface area contributed by atoms with E-state index in [1.54, 1.807) is 0 Å². The monoisotopic (exact) mass is 319 g/mol. The fourth-order valence-corrected chi connectivity index (χ4v) is 3.54. The molecule has 0 amide bonds. The molecule has 4 heteroatoms. The highest BCUT2D eigenvalue weighted by atomic mass is 28.4. The Labute approximate surface area is 135 Å². The second kappa shape index (κ2) is 6.65. The Morgan fingerprint density at radius 1 is 1.23 bits per heavy atom. The Balaban J connectivity index is 1.98. The molecule has 0 aliphatic carbocycles. The van der Waals surface area contributed by atoms with Crippen LogP contribution in [0.25, 0.3) is 0 Å². The molecule has 0 N–H and O–H groups in total. The summed E-state index contributed by atoms with van der Waals surface area (Å²) in [5.41, 5.74) is 1.26. The highest BCUT2D eigenvalue weighted by Crippen LogP contribution is 2.37. The van der Waals surface area contributed by atoms with Crippen LogP contribution in [0.1, 0.15) is 32.8 Å². The van der Waals surface area contributed by atoms with E-state index < -0.39 is 8.32 Å². The SMILES string of the molecule is CC(C)(C)[Si](C)(C)OCC1CC(=O)CN1Cc1ccccc1. The van der Waals surface area contributed by atoms with Gasteiger partial charge in [-0.2, -0.15) is 0 Å². The first-order chi connectivity index (χ1) is 10.2. The minimum absolute atomic E-state index is 0.208. The lowest BCUT2D eigenvalue weighted by molar-refractivity contribution is -0.117. The van der Waals surface area contributed by atoms with Crippen LogP contribution in [0.3, 0.4) is 0 Å². The number of hydrogen-bond donors (Lipinski definition) is 0. The van der Waals surface area contributed by atoms with Gasteiger partial charge in [-0.15, -0.1) is 0 Å². The fourth-order valence-electron chi connectivity index (χ4n) is 2.50. The van der Waals surface area contributed by atoms with Gasteiger partial charge in [0.05, 0.1) is 6.54 Å². The Morgan fingerprint density at radius 3 is 2.45 bits per heavy atom. The number of Topliss-reactive ketones (excluding diaryl/α,β-unsaturated/α-hetero) is 1. The molecular formula is C18H29NO2Si. The number of ketones is 1. The van der Waals surface area contributed by atoms with Gasteiger partial charge in [-0.1, -0.05) is 51.1 Å². The molecule has 1 aliphatic rings.